The highest BCUT2D eigenvalue weighted by molar-refractivity contribution is 6.09. The van der Waals surface area contributed by atoms with E-state index in [9.17, 15) is 9.59 Å². The fourth-order valence-corrected chi connectivity index (χ4v) is 3.00. The van der Waals surface area contributed by atoms with Gasteiger partial charge in [-0.1, -0.05) is 48.5 Å². The summed E-state index contributed by atoms with van der Waals surface area (Å²) in [7, 11) is 1.57. The Hall–Kier alpha value is -3.64. The molecule has 2 N–H and O–H groups in total. The zero-order valence-electron chi connectivity index (χ0n) is 17.5. The van der Waals surface area contributed by atoms with Gasteiger partial charge in [0.1, 0.15) is 5.75 Å². The number of carbonyl (C=O) groups is 2. The van der Waals surface area contributed by atoms with Gasteiger partial charge in [-0.15, -0.1) is 0 Å². The lowest BCUT2D eigenvalue weighted by molar-refractivity contribution is 0.0938. The SMILES string of the molecule is COCCNC(=O)c1ccccc1NC(=O)c1cccc(OCCc2ccccc2)c1. The Bertz CT molecular complexity index is 1010. The molecule has 0 saturated heterocycles. The van der Waals surface area contributed by atoms with Crippen LogP contribution in [0.2, 0.25) is 0 Å². The van der Waals surface area contributed by atoms with Crippen LogP contribution in [0.1, 0.15) is 26.3 Å². The first-order valence-corrected chi connectivity index (χ1v) is 10.1. The Balaban J connectivity index is 1.62. The van der Waals surface area contributed by atoms with Gasteiger partial charge in [-0.2, -0.15) is 0 Å². The van der Waals surface area contributed by atoms with Crippen molar-refractivity contribution in [2.24, 2.45) is 0 Å². The van der Waals surface area contributed by atoms with Gasteiger partial charge in [0.2, 0.25) is 0 Å². The third kappa shape index (κ3) is 6.69. The Labute approximate surface area is 182 Å². The standard InChI is InChI=1S/C25H26N2O4/c1-30-17-15-26-25(29)22-12-5-6-13-23(22)27-24(28)20-10-7-11-21(18-20)31-16-14-19-8-3-2-4-9-19/h2-13,18H,14-17H2,1H3,(H,26,29)(H,27,28). The third-order valence-electron chi connectivity index (χ3n) is 4.61. The van der Waals surface area contributed by atoms with E-state index in [-0.39, 0.29) is 11.8 Å². The number of amides is 2. The quantitative estimate of drug-likeness (QED) is 0.489. The van der Waals surface area contributed by atoms with Crippen molar-refractivity contribution in [3.05, 3.63) is 95.6 Å². The average Bonchev–Trinajstić information content (AvgIpc) is 2.80. The fraction of sp³-hybridized carbons (Fsp3) is 0.200. The van der Waals surface area contributed by atoms with Crippen LogP contribution in [-0.2, 0) is 11.2 Å². The van der Waals surface area contributed by atoms with Gasteiger partial charge in [-0.3, -0.25) is 9.59 Å². The predicted octanol–water partition coefficient (Wildman–Crippen LogP) is 3.94. The van der Waals surface area contributed by atoms with E-state index in [1.807, 2.05) is 24.3 Å². The van der Waals surface area contributed by atoms with Gasteiger partial charge in [0.25, 0.3) is 11.8 Å². The number of hydrogen-bond acceptors (Lipinski definition) is 4. The normalized spacial score (nSPS) is 10.4. The minimum absolute atomic E-state index is 0.272. The topological polar surface area (TPSA) is 76.7 Å². The van der Waals surface area contributed by atoms with Gasteiger partial charge in [0.05, 0.1) is 24.5 Å². The van der Waals surface area contributed by atoms with Gasteiger partial charge in [-0.05, 0) is 35.9 Å². The monoisotopic (exact) mass is 418 g/mol. The molecular formula is C25H26N2O4. The summed E-state index contributed by atoms with van der Waals surface area (Å²) in [5.41, 5.74) is 2.48. The van der Waals surface area contributed by atoms with E-state index in [0.717, 1.165) is 6.42 Å². The van der Waals surface area contributed by atoms with Crippen molar-refractivity contribution in [2.75, 3.05) is 32.2 Å². The molecule has 3 rings (SSSR count). The van der Waals surface area contributed by atoms with E-state index in [0.29, 0.717) is 42.3 Å². The van der Waals surface area contributed by atoms with Gasteiger partial charge in [0.15, 0.2) is 0 Å². The summed E-state index contributed by atoms with van der Waals surface area (Å²) in [5.74, 6) is 0.0331. The van der Waals surface area contributed by atoms with Gasteiger partial charge >= 0.3 is 0 Å². The summed E-state index contributed by atoms with van der Waals surface area (Å²) in [6.07, 6.45) is 0.781. The van der Waals surface area contributed by atoms with Crippen LogP contribution in [-0.4, -0.2) is 38.7 Å². The predicted molar refractivity (Wildman–Crippen MR) is 121 cm³/mol. The number of hydrogen-bond donors (Lipinski definition) is 2. The van der Waals surface area contributed by atoms with Crippen LogP contribution in [0.15, 0.2) is 78.9 Å². The molecule has 0 bridgehead atoms. The molecule has 3 aromatic carbocycles. The maximum Gasteiger partial charge on any atom is 0.255 e. The first-order valence-electron chi connectivity index (χ1n) is 10.1. The molecule has 0 radical (unpaired) electrons. The van der Waals surface area contributed by atoms with Crippen LogP contribution in [0, 0.1) is 0 Å². The van der Waals surface area contributed by atoms with Crippen LogP contribution in [0.3, 0.4) is 0 Å². The number of methoxy groups -OCH3 is 1. The van der Waals surface area contributed by atoms with Crippen LogP contribution in [0.5, 0.6) is 5.75 Å². The smallest absolute Gasteiger partial charge is 0.255 e. The van der Waals surface area contributed by atoms with Crippen LogP contribution < -0.4 is 15.4 Å². The van der Waals surface area contributed by atoms with Crippen molar-refractivity contribution >= 4 is 17.5 Å². The van der Waals surface area contributed by atoms with Crippen molar-refractivity contribution in [3.8, 4) is 5.75 Å². The highest BCUT2D eigenvalue weighted by Gasteiger charge is 2.14. The first-order chi connectivity index (χ1) is 15.2. The van der Waals surface area contributed by atoms with Gasteiger partial charge in [-0.25, -0.2) is 0 Å². The Morgan fingerprint density at radius 3 is 2.42 bits per heavy atom. The van der Waals surface area contributed by atoms with E-state index in [4.69, 9.17) is 9.47 Å². The van der Waals surface area contributed by atoms with E-state index in [1.54, 1.807) is 49.6 Å². The zero-order chi connectivity index (χ0) is 21.9. The number of nitrogens with one attached hydrogen (secondary N) is 2. The molecule has 2 amide bonds. The van der Waals surface area contributed by atoms with Crippen molar-refractivity contribution in [2.45, 2.75) is 6.42 Å². The summed E-state index contributed by atoms with van der Waals surface area (Å²) in [5, 5.41) is 5.58. The van der Waals surface area contributed by atoms with E-state index in [1.165, 1.54) is 5.56 Å². The first kappa shape index (κ1) is 22.1. The molecule has 0 saturated carbocycles. The van der Waals surface area contributed by atoms with Crippen LogP contribution in [0.25, 0.3) is 0 Å². The van der Waals surface area contributed by atoms with Crippen molar-refractivity contribution in [1.29, 1.82) is 0 Å². The highest BCUT2D eigenvalue weighted by atomic mass is 16.5. The number of ether oxygens (including phenoxy) is 2. The van der Waals surface area contributed by atoms with E-state index < -0.39 is 0 Å². The molecule has 3 aromatic rings. The Morgan fingerprint density at radius 1 is 0.839 bits per heavy atom. The van der Waals surface area contributed by atoms with Crippen molar-refractivity contribution < 1.29 is 19.1 Å². The van der Waals surface area contributed by atoms with Crippen LogP contribution >= 0.6 is 0 Å². The minimum Gasteiger partial charge on any atom is -0.493 e. The maximum atomic E-state index is 12.8. The molecule has 0 spiro atoms. The maximum absolute atomic E-state index is 12.8. The Kier molecular flexibility index (Phi) is 8.20. The van der Waals surface area contributed by atoms with E-state index >= 15 is 0 Å². The van der Waals surface area contributed by atoms with Crippen LogP contribution in [0.4, 0.5) is 5.69 Å². The summed E-state index contributed by atoms with van der Waals surface area (Å²) in [6, 6.07) is 24.0. The molecule has 0 aliphatic rings. The minimum atomic E-state index is -0.314. The molecule has 31 heavy (non-hydrogen) atoms. The van der Waals surface area contributed by atoms with Crippen molar-refractivity contribution in [3.63, 3.8) is 0 Å². The van der Waals surface area contributed by atoms with E-state index in [2.05, 4.69) is 22.8 Å². The number of carbonyl (C=O) groups excluding carboxylic acids is 2. The molecule has 0 unspecified atom stereocenters. The van der Waals surface area contributed by atoms with Crippen molar-refractivity contribution in [1.82, 2.24) is 5.32 Å². The fourth-order valence-electron chi connectivity index (χ4n) is 3.00. The lowest BCUT2D eigenvalue weighted by Gasteiger charge is -2.12. The molecule has 0 aliphatic heterocycles. The lowest BCUT2D eigenvalue weighted by atomic mass is 10.1. The summed E-state index contributed by atoms with van der Waals surface area (Å²) in [4.78, 5) is 25.2. The number of rotatable bonds is 10. The Morgan fingerprint density at radius 2 is 1.61 bits per heavy atom. The molecule has 6 heteroatoms. The zero-order valence-corrected chi connectivity index (χ0v) is 17.5. The second-order valence-electron chi connectivity index (χ2n) is 6.86. The second-order valence-corrected chi connectivity index (χ2v) is 6.86. The third-order valence-corrected chi connectivity index (χ3v) is 4.61. The largest absolute Gasteiger partial charge is 0.493 e. The highest BCUT2D eigenvalue weighted by Crippen LogP contribution is 2.19. The lowest BCUT2D eigenvalue weighted by Crippen LogP contribution is -2.28. The summed E-state index contributed by atoms with van der Waals surface area (Å²) < 4.78 is 10.8. The molecule has 6 nitrogen and oxygen atoms in total. The number of anilines is 1. The second kappa shape index (κ2) is 11.5. The average molecular weight is 418 g/mol. The summed E-state index contributed by atoms with van der Waals surface area (Å²) in [6.45, 7) is 1.32. The molecule has 0 fully saturated rings. The molecule has 0 aliphatic carbocycles. The summed E-state index contributed by atoms with van der Waals surface area (Å²) >= 11 is 0. The molecule has 0 heterocycles. The van der Waals surface area contributed by atoms with Gasteiger partial charge in [0, 0.05) is 25.6 Å². The molecule has 160 valence electrons. The molecule has 0 aromatic heterocycles. The van der Waals surface area contributed by atoms with Gasteiger partial charge < -0.3 is 20.1 Å². The number of benzene rings is 3. The number of para-hydroxylation sites is 1. The molecular weight excluding hydrogens is 392 g/mol. The molecule has 0 atom stereocenters.